The van der Waals surface area contributed by atoms with Gasteiger partial charge in [-0.3, -0.25) is 4.90 Å². The second kappa shape index (κ2) is 6.20. The summed E-state index contributed by atoms with van der Waals surface area (Å²) in [6, 6.07) is 4.32. The smallest absolute Gasteiger partial charge is 0.179 e. The molecule has 1 fully saturated rings. The lowest BCUT2D eigenvalue weighted by Crippen LogP contribution is -2.42. The highest BCUT2D eigenvalue weighted by atomic mass is 35.5. The molecular weight excluding hydrogens is 276 g/mol. The molecule has 0 saturated carbocycles. The van der Waals surface area contributed by atoms with Gasteiger partial charge in [0.1, 0.15) is 0 Å². The van der Waals surface area contributed by atoms with E-state index in [4.69, 9.17) is 26.8 Å². The summed E-state index contributed by atoms with van der Waals surface area (Å²) in [5.74, 6) is 1.45. The van der Waals surface area contributed by atoms with Crippen molar-refractivity contribution in [1.82, 2.24) is 4.90 Å². The van der Waals surface area contributed by atoms with Crippen LogP contribution >= 0.6 is 11.6 Å². The molecule has 3 rings (SSSR count). The fourth-order valence-corrected chi connectivity index (χ4v) is 3.16. The molecule has 0 aromatic heterocycles. The number of fused-ring (bicyclic) bond motifs is 1. The van der Waals surface area contributed by atoms with E-state index in [0.29, 0.717) is 30.0 Å². The van der Waals surface area contributed by atoms with Crippen molar-refractivity contribution in [2.45, 2.75) is 31.8 Å². The van der Waals surface area contributed by atoms with Crippen LogP contribution in [0.15, 0.2) is 12.1 Å². The minimum Gasteiger partial charge on any atom is -0.489 e. The zero-order valence-electron chi connectivity index (χ0n) is 11.6. The molecular formula is C15H21ClN2O2. The van der Waals surface area contributed by atoms with Crippen molar-refractivity contribution in [2.75, 3.05) is 26.3 Å². The third-order valence-corrected chi connectivity index (χ3v) is 4.09. The van der Waals surface area contributed by atoms with Crippen LogP contribution in [-0.4, -0.2) is 37.2 Å². The van der Waals surface area contributed by atoms with Crippen LogP contribution in [0.1, 0.15) is 24.8 Å². The third-order valence-electron chi connectivity index (χ3n) is 3.81. The number of likely N-dealkylation sites (tertiary alicyclic amines) is 1. The van der Waals surface area contributed by atoms with E-state index in [0.717, 1.165) is 43.8 Å². The normalized spacial score (nSPS) is 23.4. The quantitative estimate of drug-likeness (QED) is 0.910. The summed E-state index contributed by atoms with van der Waals surface area (Å²) in [5, 5.41) is 0.640. The zero-order valence-corrected chi connectivity index (χ0v) is 12.4. The molecule has 4 nitrogen and oxygen atoms in total. The number of halogens is 1. The predicted octanol–water partition coefficient (Wildman–Crippen LogP) is 2.42. The first-order valence-electron chi connectivity index (χ1n) is 7.28. The number of nitrogens with zero attached hydrogens (tertiary/aromatic N) is 1. The maximum absolute atomic E-state index is 6.32. The Morgan fingerprint density at radius 3 is 2.95 bits per heavy atom. The fourth-order valence-electron chi connectivity index (χ4n) is 2.87. The van der Waals surface area contributed by atoms with E-state index in [2.05, 4.69) is 4.90 Å². The summed E-state index contributed by atoms with van der Waals surface area (Å²) in [5.41, 5.74) is 7.19. The van der Waals surface area contributed by atoms with Gasteiger partial charge in [0.2, 0.25) is 0 Å². The summed E-state index contributed by atoms with van der Waals surface area (Å²) in [6.45, 7) is 4.25. The highest BCUT2D eigenvalue weighted by Gasteiger charge is 2.19. The van der Waals surface area contributed by atoms with Crippen LogP contribution in [0, 0.1) is 0 Å². The Balaban J connectivity index is 1.76. The number of rotatable bonds is 2. The summed E-state index contributed by atoms with van der Waals surface area (Å²) in [4.78, 5) is 2.38. The topological polar surface area (TPSA) is 47.7 Å². The van der Waals surface area contributed by atoms with Crippen LogP contribution in [0.5, 0.6) is 11.5 Å². The van der Waals surface area contributed by atoms with Gasteiger partial charge in [-0.25, -0.2) is 0 Å². The first-order valence-corrected chi connectivity index (χ1v) is 7.66. The summed E-state index contributed by atoms with van der Waals surface area (Å²) in [7, 11) is 0. The first-order chi connectivity index (χ1) is 9.72. The zero-order chi connectivity index (χ0) is 13.9. The van der Waals surface area contributed by atoms with Crippen molar-refractivity contribution >= 4 is 11.6 Å². The molecule has 110 valence electrons. The van der Waals surface area contributed by atoms with Crippen molar-refractivity contribution in [3.8, 4) is 11.5 Å². The maximum atomic E-state index is 6.32. The number of ether oxygens (including phenoxy) is 2. The SMILES string of the molecule is NC1CCCN(Cc2cc(Cl)c3c(c2)OCCCO3)C1. The lowest BCUT2D eigenvalue weighted by Gasteiger charge is -2.30. The molecule has 0 amide bonds. The van der Waals surface area contributed by atoms with Crippen LogP contribution in [0.3, 0.4) is 0 Å². The van der Waals surface area contributed by atoms with Gasteiger partial charge in [0.25, 0.3) is 0 Å². The lowest BCUT2D eigenvalue weighted by molar-refractivity contribution is 0.201. The van der Waals surface area contributed by atoms with E-state index in [1.54, 1.807) is 0 Å². The standard InChI is InChI=1S/C15H21ClN2O2/c16-13-7-11(9-18-4-1-3-12(17)10-18)8-14-15(13)20-6-2-5-19-14/h7-8,12H,1-6,9-10,17H2. The molecule has 0 aliphatic carbocycles. The second-order valence-corrected chi connectivity index (χ2v) is 6.00. The molecule has 20 heavy (non-hydrogen) atoms. The van der Waals surface area contributed by atoms with Gasteiger partial charge >= 0.3 is 0 Å². The van der Waals surface area contributed by atoms with Gasteiger partial charge < -0.3 is 15.2 Å². The van der Waals surface area contributed by atoms with Crippen LogP contribution in [0.4, 0.5) is 0 Å². The largest absolute Gasteiger partial charge is 0.489 e. The first kappa shape index (κ1) is 14.0. The molecule has 1 atom stereocenters. The molecule has 1 saturated heterocycles. The van der Waals surface area contributed by atoms with Gasteiger partial charge in [0, 0.05) is 25.6 Å². The van der Waals surface area contributed by atoms with Gasteiger partial charge in [-0.1, -0.05) is 11.6 Å². The molecule has 0 radical (unpaired) electrons. The highest BCUT2D eigenvalue weighted by Crippen LogP contribution is 2.38. The number of nitrogens with two attached hydrogens (primary N) is 1. The molecule has 1 aromatic carbocycles. The maximum Gasteiger partial charge on any atom is 0.179 e. The molecule has 2 heterocycles. The number of hydrogen-bond donors (Lipinski definition) is 1. The minimum atomic E-state index is 0.291. The molecule has 2 N–H and O–H groups in total. The molecule has 2 aliphatic rings. The van der Waals surface area contributed by atoms with Gasteiger partial charge in [0.15, 0.2) is 11.5 Å². The predicted molar refractivity (Wildman–Crippen MR) is 79.5 cm³/mol. The van der Waals surface area contributed by atoms with Crippen LogP contribution in [-0.2, 0) is 6.54 Å². The Labute approximate surface area is 124 Å². The molecule has 1 unspecified atom stereocenters. The average Bonchev–Trinajstić information content (AvgIpc) is 2.64. The minimum absolute atomic E-state index is 0.291. The molecule has 0 bridgehead atoms. The van der Waals surface area contributed by atoms with Gasteiger partial charge in [-0.2, -0.15) is 0 Å². The number of benzene rings is 1. The average molecular weight is 297 g/mol. The third kappa shape index (κ3) is 3.19. The summed E-state index contributed by atoms with van der Waals surface area (Å²) < 4.78 is 11.4. The lowest BCUT2D eigenvalue weighted by atomic mass is 10.1. The Morgan fingerprint density at radius 1 is 1.25 bits per heavy atom. The Morgan fingerprint density at radius 2 is 2.10 bits per heavy atom. The Hall–Kier alpha value is -0.970. The van der Waals surface area contributed by atoms with Gasteiger partial charge in [-0.05, 0) is 37.1 Å². The summed E-state index contributed by atoms with van der Waals surface area (Å²) in [6.07, 6.45) is 3.18. The van der Waals surface area contributed by atoms with Crippen molar-refractivity contribution in [3.05, 3.63) is 22.7 Å². The van der Waals surface area contributed by atoms with Gasteiger partial charge in [-0.15, -0.1) is 0 Å². The number of piperidine rings is 1. The molecule has 2 aliphatic heterocycles. The van der Waals surface area contributed by atoms with Crippen molar-refractivity contribution < 1.29 is 9.47 Å². The molecule has 1 aromatic rings. The van der Waals surface area contributed by atoms with Crippen LogP contribution < -0.4 is 15.2 Å². The highest BCUT2D eigenvalue weighted by molar-refractivity contribution is 6.32. The second-order valence-electron chi connectivity index (χ2n) is 5.59. The van der Waals surface area contributed by atoms with Crippen molar-refractivity contribution in [1.29, 1.82) is 0 Å². The van der Waals surface area contributed by atoms with E-state index in [9.17, 15) is 0 Å². The molecule has 5 heteroatoms. The van der Waals surface area contributed by atoms with Crippen LogP contribution in [0.2, 0.25) is 5.02 Å². The monoisotopic (exact) mass is 296 g/mol. The van der Waals surface area contributed by atoms with E-state index in [1.807, 2.05) is 12.1 Å². The molecule has 0 spiro atoms. The Kier molecular flexibility index (Phi) is 4.34. The van der Waals surface area contributed by atoms with E-state index >= 15 is 0 Å². The summed E-state index contributed by atoms with van der Waals surface area (Å²) >= 11 is 6.32. The van der Waals surface area contributed by atoms with Crippen molar-refractivity contribution in [2.24, 2.45) is 5.73 Å². The van der Waals surface area contributed by atoms with Crippen molar-refractivity contribution in [3.63, 3.8) is 0 Å². The Bertz CT molecular complexity index is 481. The number of hydrogen-bond acceptors (Lipinski definition) is 4. The van der Waals surface area contributed by atoms with E-state index in [1.165, 1.54) is 6.42 Å². The van der Waals surface area contributed by atoms with Crippen LogP contribution in [0.25, 0.3) is 0 Å². The van der Waals surface area contributed by atoms with Gasteiger partial charge in [0.05, 0.1) is 18.2 Å². The fraction of sp³-hybridized carbons (Fsp3) is 0.600. The van der Waals surface area contributed by atoms with E-state index in [-0.39, 0.29) is 0 Å². The van der Waals surface area contributed by atoms with E-state index < -0.39 is 0 Å².